The van der Waals surface area contributed by atoms with Gasteiger partial charge in [-0.2, -0.15) is 0 Å². The Bertz CT molecular complexity index is 925. The van der Waals surface area contributed by atoms with Crippen LogP contribution < -0.4 is 9.47 Å². The van der Waals surface area contributed by atoms with Crippen molar-refractivity contribution in [1.29, 1.82) is 0 Å². The Labute approximate surface area is 159 Å². The van der Waals surface area contributed by atoms with E-state index in [-0.39, 0.29) is 6.10 Å². The van der Waals surface area contributed by atoms with E-state index in [0.717, 1.165) is 34.7 Å². The number of fused-ring (bicyclic) bond motifs is 1. The summed E-state index contributed by atoms with van der Waals surface area (Å²) in [4.78, 5) is 2.30. The summed E-state index contributed by atoms with van der Waals surface area (Å²) in [6, 6.07) is 23.6. The Kier molecular flexibility index (Phi) is 4.99. The van der Waals surface area contributed by atoms with Gasteiger partial charge < -0.3 is 14.6 Å². The van der Waals surface area contributed by atoms with Crippen LogP contribution in [0.5, 0.6) is 17.2 Å². The maximum atomic E-state index is 10.2. The molecule has 4 nitrogen and oxygen atoms in total. The molecule has 1 heterocycles. The van der Waals surface area contributed by atoms with Gasteiger partial charge in [0, 0.05) is 36.3 Å². The van der Waals surface area contributed by atoms with Crippen molar-refractivity contribution in [2.75, 3.05) is 13.7 Å². The van der Waals surface area contributed by atoms with Crippen molar-refractivity contribution < 1.29 is 14.6 Å². The maximum absolute atomic E-state index is 10.2. The van der Waals surface area contributed by atoms with Crippen molar-refractivity contribution in [3.63, 3.8) is 0 Å². The van der Waals surface area contributed by atoms with Crippen LogP contribution in [0.3, 0.4) is 0 Å². The fraction of sp³-hybridized carbons (Fsp3) is 0.217. The van der Waals surface area contributed by atoms with Gasteiger partial charge in [-0.05, 0) is 18.2 Å². The molecular weight excluding hydrogens is 338 g/mol. The molecule has 0 saturated carbocycles. The lowest BCUT2D eigenvalue weighted by Crippen LogP contribution is -2.28. The van der Waals surface area contributed by atoms with Gasteiger partial charge in [0.25, 0.3) is 0 Å². The van der Waals surface area contributed by atoms with E-state index in [0.29, 0.717) is 18.8 Å². The van der Waals surface area contributed by atoms with Crippen LogP contribution in [0.2, 0.25) is 0 Å². The summed E-state index contributed by atoms with van der Waals surface area (Å²) in [5.41, 5.74) is 3.08. The Morgan fingerprint density at radius 3 is 2.59 bits per heavy atom. The molecule has 0 saturated heterocycles. The van der Waals surface area contributed by atoms with E-state index in [9.17, 15) is 5.11 Å². The van der Waals surface area contributed by atoms with Gasteiger partial charge in [0.05, 0.1) is 7.11 Å². The van der Waals surface area contributed by atoms with Gasteiger partial charge in [-0.3, -0.25) is 4.90 Å². The smallest absolute Gasteiger partial charge is 0.140 e. The number of rotatable bonds is 4. The van der Waals surface area contributed by atoms with E-state index in [2.05, 4.69) is 17.0 Å². The molecule has 0 radical (unpaired) electrons. The molecule has 0 amide bonds. The van der Waals surface area contributed by atoms with Crippen LogP contribution in [0.1, 0.15) is 22.8 Å². The Hall–Kier alpha value is -2.98. The van der Waals surface area contributed by atoms with E-state index in [4.69, 9.17) is 9.47 Å². The minimum atomic E-state index is -0.157. The first-order valence-corrected chi connectivity index (χ1v) is 9.11. The second-order valence-corrected chi connectivity index (χ2v) is 6.75. The third kappa shape index (κ3) is 3.76. The monoisotopic (exact) mass is 361 g/mol. The predicted molar refractivity (Wildman–Crippen MR) is 105 cm³/mol. The van der Waals surface area contributed by atoms with Crippen molar-refractivity contribution in [3.05, 3.63) is 89.5 Å². The van der Waals surface area contributed by atoms with E-state index in [1.165, 1.54) is 0 Å². The predicted octanol–water partition coefficient (Wildman–Crippen LogP) is 4.54. The Morgan fingerprint density at radius 2 is 1.74 bits per heavy atom. The van der Waals surface area contributed by atoms with Crippen molar-refractivity contribution in [2.24, 2.45) is 0 Å². The Balaban J connectivity index is 1.69. The van der Waals surface area contributed by atoms with Gasteiger partial charge in [0.1, 0.15) is 23.4 Å². The molecule has 138 valence electrons. The topological polar surface area (TPSA) is 41.9 Å². The number of phenolic OH excluding ortho intramolecular Hbond substituents is 1. The van der Waals surface area contributed by atoms with Crippen LogP contribution in [0, 0.1) is 0 Å². The molecule has 1 unspecified atom stereocenters. The summed E-state index contributed by atoms with van der Waals surface area (Å²) >= 11 is 0. The molecule has 1 atom stereocenters. The van der Waals surface area contributed by atoms with Crippen LogP contribution in [-0.2, 0) is 13.1 Å². The van der Waals surface area contributed by atoms with Crippen LogP contribution in [0.4, 0.5) is 0 Å². The molecule has 3 aromatic carbocycles. The number of hydrogen-bond donors (Lipinski definition) is 1. The van der Waals surface area contributed by atoms with Crippen molar-refractivity contribution in [1.82, 2.24) is 4.90 Å². The zero-order valence-electron chi connectivity index (χ0n) is 15.3. The Morgan fingerprint density at radius 1 is 1.00 bits per heavy atom. The molecule has 0 aromatic heterocycles. The molecule has 3 aromatic rings. The molecule has 27 heavy (non-hydrogen) atoms. The number of hydrogen-bond acceptors (Lipinski definition) is 4. The number of phenols is 1. The molecule has 1 N–H and O–H groups in total. The van der Waals surface area contributed by atoms with Crippen molar-refractivity contribution in [3.8, 4) is 17.2 Å². The summed E-state index contributed by atoms with van der Waals surface area (Å²) in [6.45, 7) is 2.11. The van der Waals surface area contributed by atoms with Gasteiger partial charge in [-0.1, -0.05) is 54.6 Å². The molecule has 0 bridgehead atoms. The van der Waals surface area contributed by atoms with Crippen molar-refractivity contribution in [2.45, 2.75) is 19.2 Å². The summed E-state index contributed by atoms with van der Waals surface area (Å²) < 4.78 is 12.0. The van der Waals surface area contributed by atoms with Crippen LogP contribution in [0.15, 0.2) is 72.8 Å². The van der Waals surface area contributed by atoms with Crippen molar-refractivity contribution >= 4 is 0 Å². The minimum Gasteiger partial charge on any atom is -0.508 e. The quantitative estimate of drug-likeness (QED) is 0.741. The fourth-order valence-corrected chi connectivity index (χ4v) is 3.58. The molecule has 0 spiro atoms. The summed E-state index contributed by atoms with van der Waals surface area (Å²) in [5.74, 6) is 2.04. The number of methoxy groups -OCH3 is 1. The highest BCUT2D eigenvalue weighted by Gasteiger charge is 2.26. The van der Waals surface area contributed by atoms with E-state index in [1.807, 2.05) is 54.6 Å². The zero-order chi connectivity index (χ0) is 18.6. The number of ether oxygens (including phenoxy) is 2. The molecular formula is C23H23NO3. The fourth-order valence-electron chi connectivity index (χ4n) is 3.58. The van der Waals surface area contributed by atoms with E-state index < -0.39 is 0 Å². The van der Waals surface area contributed by atoms with Gasteiger partial charge >= 0.3 is 0 Å². The highest BCUT2D eigenvalue weighted by atomic mass is 16.5. The number of para-hydroxylation sites is 3. The van der Waals surface area contributed by atoms with Crippen LogP contribution >= 0.6 is 0 Å². The molecule has 4 rings (SSSR count). The average molecular weight is 361 g/mol. The molecule has 0 aliphatic carbocycles. The standard InChI is InChI=1S/C23H23NO3/c1-26-22-13-7-4-10-19(22)23-16-24(14-17-8-2-5-11-20(17)25)15-18-9-3-6-12-21(18)27-23/h2-13,23,25H,14-16H2,1H3. The van der Waals surface area contributed by atoms with Gasteiger partial charge in [-0.15, -0.1) is 0 Å². The normalized spacial score (nSPS) is 16.9. The third-order valence-electron chi connectivity index (χ3n) is 4.93. The summed E-state index contributed by atoms with van der Waals surface area (Å²) in [6.07, 6.45) is -0.157. The first kappa shape index (κ1) is 17.4. The van der Waals surface area contributed by atoms with Gasteiger partial charge in [0.15, 0.2) is 0 Å². The van der Waals surface area contributed by atoms with Crippen LogP contribution in [-0.4, -0.2) is 23.7 Å². The molecule has 1 aliphatic rings. The second kappa shape index (κ2) is 7.72. The summed E-state index contributed by atoms with van der Waals surface area (Å²) in [7, 11) is 1.68. The van der Waals surface area contributed by atoms with Gasteiger partial charge in [0.2, 0.25) is 0 Å². The second-order valence-electron chi connectivity index (χ2n) is 6.75. The molecule has 1 aliphatic heterocycles. The third-order valence-corrected chi connectivity index (χ3v) is 4.93. The average Bonchev–Trinajstić information content (AvgIpc) is 2.88. The first-order chi connectivity index (χ1) is 13.2. The molecule has 0 fully saturated rings. The lowest BCUT2D eigenvalue weighted by molar-refractivity contribution is 0.140. The number of nitrogens with zero attached hydrogens (tertiary/aromatic N) is 1. The van der Waals surface area contributed by atoms with E-state index >= 15 is 0 Å². The lowest BCUT2D eigenvalue weighted by Gasteiger charge is -2.25. The SMILES string of the molecule is COc1ccccc1C1CN(Cc2ccccc2O)Cc2ccccc2O1. The van der Waals surface area contributed by atoms with E-state index in [1.54, 1.807) is 13.2 Å². The van der Waals surface area contributed by atoms with Gasteiger partial charge in [-0.25, -0.2) is 0 Å². The first-order valence-electron chi connectivity index (χ1n) is 9.11. The number of aromatic hydroxyl groups is 1. The summed E-state index contributed by atoms with van der Waals surface area (Å²) in [5, 5.41) is 10.2. The maximum Gasteiger partial charge on any atom is 0.140 e. The lowest BCUT2D eigenvalue weighted by atomic mass is 10.1. The minimum absolute atomic E-state index is 0.157. The molecule has 4 heteroatoms. The highest BCUT2D eigenvalue weighted by Crippen LogP contribution is 2.35. The number of benzene rings is 3. The largest absolute Gasteiger partial charge is 0.508 e. The zero-order valence-corrected chi connectivity index (χ0v) is 15.3. The van der Waals surface area contributed by atoms with Crippen LogP contribution in [0.25, 0.3) is 0 Å². The highest BCUT2D eigenvalue weighted by molar-refractivity contribution is 5.40.